The lowest BCUT2D eigenvalue weighted by Crippen LogP contribution is -2.30. The van der Waals surface area contributed by atoms with E-state index in [1.165, 1.54) is 148 Å². The monoisotopic (exact) mass is 848 g/mol. The third-order valence-electron chi connectivity index (χ3n) is 10.6. The molecule has 11 nitrogen and oxygen atoms in total. The first-order valence-electron chi connectivity index (χ1n) is 24.0. The number of phosphoric ester groups is 1. The lowest BCUT2D eigenvalue weighted by molar-refractivity contribution is -0.161. The minimum absolute atomic E-state index is 0.0221. The summed E-state index contributed by atoms with van der Waals surface area (Å²) in [5, 5.41) is 2.61. The molecule has 0 aromatic rings. The summed E-state index contributed by atoms with van der Waals surface area (Å²) in [6.07, 6.45) is 37.3. The maximum Gasteiger partial charge on any atom is 0.472 e. The first-order valence-corrected chi connectivity index (χ1v) is 25.5. The van der Waals surface area contributed by atoms with Crippen LogP contribution in [-0.2, 0) is 42.2 Å². The van der Waals surface area contributed by atoms with Gasteiger partial charge in [-0.2, -0.15) is 0 Å². The molecule has 0 aromatic carbocycles. The summed E-state index contributed by atoms with van der Waals surface area (Å²) in [6, 6.07) is 0. The smallest absolute Gasteiger partial charge is 0.462 e. The summed E-state index contributed by atoms with van der Waals surface area (Å²) in [5.41, 5.74) is 0. The lowest BCUT2D eigenvalue weighted by Gasteiger charge is -2.20. The van der Waals surface area contributed by atoms with Crippen LogP contribution in [0.3, 0.4) is 0 Å². The Morgan fingerprint density at radius 3 is 1.31 bits per heavy atom. The molecule has 0 aromatic heterocycles. The van der Waals surface area contributed by atoms with Crippen LogP contribution < -0.4 is 5.32 Å². The summed E-state index contributed by atoms with van der Waals surface area (Å²) < 4.78 is 38.5. The number of unbranched alkanes of at least 4 members (excludes halogenated alkanes) is 28. The van der Waals surface area contributed by atoms with Crippen LogP contribution >= 0.6 is 7.82 Å². The van der Waals surface area contributed by atoms with Gasteiger partial charge in [0.15, 0.2) is 6.10 Å². The molecular weight excluding hydrogens is 757 g/mol. The average Bonchev–Trinajstić information content (AvgIpc) is 3.20. The Morgan fingerprint density at radius 1 is 0.500 bits per heavy atom. The number of rotatable bonds is 46. The van der Waals surface area contributed by atoms with Gasteiger partial charge in [-0.1, -0.05) is 194 Å². The van der Waals surface area contributed by atoms with Crippen molar-refractivity contribution >= 4 is 25.7 Å². The van der Waals surface area contributed by atoms with Crippen LogP contribution in [0.2, 0.25) is 0 Å². The molecule has 0 fully saturated rings. The number of esters is 2. The summed E-state index contributed by atoms with van der Waals surface area (Å²) in [7, 11) is -2.97. The van der Waals surface area contributed by atoms with Crippen LogP contribution in [0, 0.1) is 0 Å². The Morgan fingerprint density at radius 2 is 0.897 bits per heavy atom. The highest BCUT2D eigenvalue weighted by atomic mass is 31.2. The number of methoxy groups -OCH3 is 1. The predicted octanol–water partition coefficient (Wildman–Crippen LogP) is 12.6. The molecule has 2 atom stereocenters. The first kappa shape index (κ1) is 56.5. The molecule has 2 N–H and O–H groups in total. The van der Waals surface area contributed by atoms with Crippen LogP contribution in [0.5, 0.6) is 0 Å². The molecule has 0 heterocycles. The van der Waals surface area contributed by atoms with Crippen molar-refractivity contribution in [3.05, 3.63) is 0 Å². The molecule has 0 saturated carbocycles. The maximum absolute atomic E-state index is 12.7. The standard InChI is InChI=1S/C46H90NO10P/c1-4-6-8-10-12-14-16-18-20-22-24-26-28-30-32-36-45(49)54-41-43(42-56-58(51,52)55-40-38-47-44(48)35-34-39-53-3)57-46(50)37-33-31-29-27-25-23-21-19-17-15-13-11-9-7-5-2/h43H,4-42H2,1-3H3,(H,47,48)(H,51,52). The van der Waals surface area contributed by atoms with Gasteiger partial charge in [0.05, 0.1) is 13.2 Å². The number of carbonyl (C=O) groups excluding carboxylic acids is 3. The van der Waals surface area contributed by atoms with Crippen LogP contribution in [0.25, 0.3) is 0 Å². The summed E-state index contributed by atoms with van der Waals surface area (Å²) in [4.78, 5) is 47.3. The van der Waals surface area contributed by atoms with Crippen molar-refractivity contribution in [2.45, 2.75) is 238 Å². The molecule has 0 saturated heterocycles. The van der Waals surface area contributed by atoms with Gasteiger partial charge in [0, 0.05) is 39.5 Å². The highest BCUT2D eigenvalue weighted by Gasteiger charge is 2.26. The normalized spacial score (nSPS) is 13.0. The number of ether oxygens (including phenoxy) is 3. The van der Waals surface area contributed by atoms with Crippen molar-refractivity contribution in [2.75, 3.05) is 40.1 Å². The highest BCUT2D eigenvalue weighted by Crippen LogP contribution is 2.43. The molecule has 2 unspecified atom stereocenters. The number of hydrogen-bond acceptors (Lipinski definition) is 9. The Hall–Kier alpha value is -1.52. The second-order valence-electron chi connectivity index (χ2n) is 16.2. The molecule has 0 rings (SSSR count). The molecule has 0 spiro atoms. The van der Waals surface area contributed by atoms with E-state index in [1.807, 2.05) is 0 Å². The molecule has 0 aliphatic carbocycles. The van der Waals surface area contributed by atoms with E-state index in [9.17, 15) is 23.8 Å². The van der Waals surface area contributed by atoms with E-state index in [4.69, 9.17) is 23.3 Å². The molecule has 0 aliphatic heterocycles. The minimum atomic E-state index is -4.53. The zero-order chi connectivity index (χ0) is 42.6. The molecule has 58 heavy (non-hydrogen) atoms. The molecule has 12 heteroatoms. The SMILES string of the molecule is CCCCCCCCCCCCCCCCCC(=O)OCC(COP(=O)(O)OCCNC(=O)CCCOC)OC(=O)CCCCCCCCCCCCCCCCC. The number of phosphoric acid groups is 1. The third kappa shape index (κ3) is 42.6. The number of hydrogen-bond donors (Lipinski definition) is 2. The van der Waals surface area contributed by atoms with Crippen molar-refractivity contribution in [2.24, 2.45) is 0 Å². The second kappa shape index (κ2) is 43.6. The largest absolute Gasteiger partial charge is 0.472 e. The summed E-state index contributed by atoms with van der Waals surface area (Å²) >= 11 is 0. The Balaban J connectivity index is 4.42. The van der Waals surface area contributed by atoms with Gasteiger partial charge in [-0.15, -0.1) is 0 Å². The summed E-state index contributed by atoms with van der Waals surface area (Å²) in [6.45, 7) is 3.99. The van der Waals surface area contributed by atoms with Gasteiger partial charge < -0.3 is 24.4 Å². The van der Waals surface area contributed by atoms with Gasteiger partial charge in [-0.3, -0.25) is 23.4 Å². The van der Waals surface area contributed by atoms with E-state index in [0.717, 1.165) is 38.5 Å². The van der Waals surface area contributed by atoms with Crippen molar-refractivity contribution in [3.8, 4) is 0 Å². The van der Waals surface area contributed by atoms with Crippen molar-refractivity contribution < 1.29 is 47.1 Å². The molecule has 344 valence electrons. The van der Waals surface area contributed by atoms with Gasteiger partial charge in [-0.05, 0) is 19.3 Å². The quantitative estimate of drug-likeness (QED) is 0.0345. The molecule has 0 aliphatic rings. The average molecular weight is 848 g/mol. The molecule has 0 bridgehead atoms. The van der Waals surface area contributed by atoms with E-state index in [-0.39, 0.29) is 44.9 Å². The third-order valence-corrected chi connectivity index (χ3v) is 11.5. The van der Waals surface area contributed by atoms with Gasteiger partial charge in [0.2, 0.25) is 5.91 Å². The Bertz CT molecular complexity index is 984. The van der Waals surface area contributed by atoms with Gasteiger partial charge in [0.1, 0.15) is 6.61 Å². The number of nitrogens with one attached hydrogen (secondary N) is 1. The molecular formula is C46H90NO10P. The van der Waals surface area contributed by atoms with E-state index in [2.05, 4.69) is 19.2 Å². The van der Waals surface area contributed by atoms with Crippen molar-refractivity contribution in [1.82, 2.24) is 5.32 Å². The fraction of sp³-hybridized carbons (Fsp3) is 0.935. The van der Waals surface area contributed by atoms with Gasteiger partial charge >= 0.3 is 19.8 Å². The topological polar surface area (TPSA) is 147 Å². The minimum Gasteiger partial charge on any atom is -0.462 e. The van der Waals surface area contributed by atoms with Crippen molar-refractivity contribution in [3.63, 3.8) is 0 Å². The van der Waals surface area contributed by atoms with Gasteiger partial charge in [0.25, 0.3) is 0 Å². The van der Waals surface area contributed by atoms with Crippen LogP contribution in [-0.4, -0.2) is 68.9 Å². The fourth-order valence-corrected chi connectivity index (χ4v) is 7.68. The molecule has 1 amide bonds. The zero-order valence-electron chi connectivity index (χ0n) is 37.7. The maximum atomic E-state index is 12.7. The van der Waals surface area contributed by atoms with Gasteiger partial charge in [-0.25, -0.2) is 4.57 Å². The van der Waals surface area contributed by atoms with E-state index < -0.39 is 32.5 Å². The van der Waals surface area contributed by atoms with E-state index >= 15 is 0 Å². The Labute approximate surface area is 355 Å². The van der Waals surface area contributed by atoms with E-state index in [0.29, 0.717) is 19.4 Å². The first-order chi connectivity index (χ1) is 28.2. The van der Waals surface area contributed by atoms with Crippen LogP contribution in [0.4, 0.5) is 0 Å². The van der Waals surface area contributed by atoms with Crippen LogP contribution in [0.15, 0.2) is 0 Å². The summed E-state index contributed by atoms with van der Waals surface area (Å²) in [5.74, 6) is -1.09. The molecule has 0 radical (unpaired) electrons. The number of amides is 1. The second-order valence-corrected chi connectivity index (χ2v) is 17.7. The van der Waals surface area contributed by atoms with Crippen molar-refractivity contribution in [1.29, 1.82) is 0 Å². The fourth-order valence-electron chi connectivity index (χ4n) is 6.93. The predicted molar refractivity (Wildman–Crippen MR) is 236 cm³/mol. The van der Waals surface area contributed by atoms with E-state index in [1.54, 1.807) is 7.11 Å². The Kier molecular flexibility index (Phi) is 42.4. The lowest BCUT2D eigenvalue weighted by atomic mass is 10.0. The number of carbonyl (C=O) groups is 3. The van der Waals surface area contributed by atoms with Crippen LogP contribution in [0.1, 0.15) is 232 Å². The zero-order valence-corrected chi connectivity index (χ0v) is 38.6. The highest BCUT2D eigenvalue weighted by molar-refractivity contribution is 7.47.